The van der Waals surface area contributed by atoms with Gasteiger partial charge in [-0.3, -0.25) is 4.79 Å². The molecule has 3 aromatic carbocycles. The molecule has 32 heavy (non-hydrogen) atoms. The molecule has 4 rings (SSSR count). The van der Waals surface area contributed by atoms with E-state index in [0.717, 1.165) is 14.6 Å². The molecule has 0 radical (unpaired) electrons. The summed E-state index contributed by atoms with van der Waals surface area (Å²) < 4.78 is 7.37. The van der Waals surface area contributed by atoms with Gasteiger partial charge in [0.25, 0.3) is 5.91 Å². The van der Waals surface area contributed by atoms with E-state index in [1.807, 2.05) is 24.3 Å². The summed E-state index contributed by atoms with van der Waals surface area (Å²) in [5, 5.41) is 4.52. The van der Waals surface area contributed by atoms with Crippen molar-refractivity contribution in [3.63, 3.8) is 0 Å². The van der Waals surface area contributed by atoms with Crippen LogP contribution in [0.4, 0.5) is 0 Å². The lowest BCUT2D eigenvalue weighted by Crippen LogP contribution is -2.19. The number of amides is 1. The predicted octanol–water partition coefficient (Wildman–Crippen LogP) is 5.41. The van der Waals surface area contributed by atoms with E-state index in [0.29, 0.717) is 21.9 Å². The van der Waals surface area contributed by atoms with Gasteiger partial charge in [-0.15, -0.1) is 11.3 Å². The fourth-order valence-corrected chi connectivity index (χ4v) is 4.66. The lowest BCUT2D eigenvalue weighted by Gasteiger charge is -2.07. The summed E-state index contributed by atoms with van der Waals surface area (Å²) in [5.41, 5.74) is 4.33. The normalized spacial score (nSPS) is 11.0. The van der Waals surface area contributed by atoms with E-state index in [1.165, 1.54) is 18.0 Å². The Morgan fingerprint density at radius 2 is 1.81 bits per heavy atom. The minimum atomic E-state index is -0.515. The molecule has 0 fully saturated rings. The molecule has 1 aromatic heterocycles. The summed E-state index contributed by atoms with van der Waals surface area (Å²) in [5.74, 6) is -0.265. The number of nitrogens with one attached hydrogen (secondary N) is 1. The molecular formula is C23H16ClN3O3S2. The molecule has 9 heteroatoms. The standard InChI is InChI=1S/C23H16ClN3O3S2/c24-17-11-9-15(10-12-17)22(29)30-19-7-3-1-5-16(19)13-25-27-21(28)14-31-23-26-18-6-2-4-8-20(18)32-23/h1-13H,14H2,(H,27,28)/b25-13-. The van der Waals surface area contributed by atoms with E-state index in [2.05, 4.69) is 15.5 Å². The third kappa shape index (κ3) is 5.73. The maximum absolute atomic E-state index is 12.4. The van der Waals surface area contributed by atoms with E-state index in [4.69, 9.17) is 16.3 Å². The van der Waals surface area contributed by atoms with Gasteiger partial charge in [0.15, 0.2) is 4.34 Å². The van der Waals surface area contributed by atoms with Crippen molar-refractivity contribution in [1.82, 2.24) is 10.4 Å². The van der Waals surface area contributed by atoms with Gasteiger partial charge in [-0.2, -0.15) is 5.10 Å². The molecule has 1 amide bonds. The number of esters is 1. The molecular weight excluding hydrogens is 466 g/mol. The zero-order valence-electron chi connectivity index (χ0n) is 16.5. The van der Waals surface area contributed by atoms with Gasteiger partial charge < -0.3 is 4.74 Å². The van der Waals surface area contributed by atoms with Gasteiger partial charge >= 0.3 is 5.97 Å². The number of hydrogen-bond acceptors (Lipinski definition) is 7. The highest BCUT2D eigenvalue weighted by atomic mass is 35.5. The van der Waals surface area contributed by atoms with Crippen LogP contribution < -0.4 is 10.2 Å². The number of halogens is 1. The summed E-state index contributed by atoms with van der Waals surface area (Å²) in [6.07, 6.45) is 1.44. The molecule has 0 bridgehead atoms. The van der Waals surface area contributed by atoms with Crippen LogP contribution in [0, 0.1) is 0 Å². The third-order valence-electron chi connectivity index (χ3n) is 4.20. The van der Waals surface area contributed by atoms with Crippen molar-refractivity contribution >= 4 is 63.0 Å². The molecule has 0 spiro atoms. The number of aromatic nitrogens is 1. The maximum atomic E-state index is 12.4. The van der Waals surface area contributed by atoms with Crippen molar-refractivity contribution in [1.29, 1.82) is 0 Å². The zero-order chi connectivity index (χ0) is 22.3. The van der Waals surface area contributed by atoms with Crippen LogP contribution in [-0.4, -0.2) is 28.8 Å². The van der Waals surface area contributed by atoms with E-state index in [-0.39, 0.29) is 11.7 Å². The number of fused-ring (bicyclic) bond motifs is 1. The molecule has 0 atom stereocenters. The Balaban J connectivity index is 1.33. The molecule has 0 saturated heterocycles. The first-order chi connectivity index (χ1) is 15.6. The highest BCUT2D eigenvalue weighted by Gasteiger charge is 2.11. The molecule has 0 aliphatic rings. The van der Waals surface area contributed by atoms with Gasteiger partial charge in [-0.1, -0.05) is 47.6 Å². The van der Waals surface area contributed by atoms with Crippen molar-refractivity contribution < 1.29 is 14.3 Å². The average Bonchev–Trinajstić information content (AvgIpc) is 3.22. The number of hydrogen-bond donors (Lipinski definition) is 1. The van der Waals surface area contributed by atoms with Crippen molar-refractivity contribution in [3.8, 4) is 5.75 Å². The lowest BCUT2D eigenvalue weighted by molar-refractivity contribution is -0.118. The molecule has 1 heterocycles. The van der Waals surface area contributed by atoms with Crippen LogP contribution in [0.15, 0.2) is 82.2 Å². The number of nitrogens with zero attached hydrogens (tertiary/aromatic N) is 2. The zero-order valence-corrected chi connectivity index (χ0v) is 18.9. The first-order valence-corrected chi connectivity index (χ1v) is 11.6. The number of ether oxygens (including phenoxy) is 1. The average molecular weight is 482 g/mol. The van der Waals surface area contributed by atoms with Crippen LogP contribution in [0.5, 0.6) is 5.75 Å². The van der Waals surface area contributed by atoms with Crippen LogP contribution in [-0.2, 0) is 4.79 Å². The number of para-hydroxylation sites is 2. The van der Waals surface area contributed by atoms with Gasteiger partial charge in [-0.05, 0) is 48.5 Å². The Bertz CT molecular complexity index is 1260. The minimum absolute atomic E-state index is 0.185. The number of hydrazone groups is 1. The Kier molecular flexibility index (Phi) is 7.16. The van der Waals surface area contributed by atoms with Crippen molar-refractivity contribution in [2.75, 3.05) is 5.75 Å². The summed E-state index contributed by atoms with van der Waals surface area (Å²) in [6, 6.07) is 21.2. The van der Waals surface area contributed by atoms with Gasteiger partial charge in [0, 0.05) is 10.6 Å². The number of thiazole rings is 1. The number of rotatable bonds is 7. The first kappa shape index (κ1) is 22.0. The molecule has 0 saturated carbocycles. The Morgan fingerprint density at radius 1 is 1.06 bits per heavy atom. The van der Waals surface area contributed by atoms with Crippen LogP contribution in [0.2, 0.25) is 5.02 Å². The molecule has 0 aliphatic carbocycles. The Hall–Kier alpha value is -3.20. The SMILES string of the molecule is O=C(CSc1nc2ccccc2s1)N/N=C\c1ccccc1OC(=O)c1ccc(Cl)cc1. The Morgan fingerprint density at radius 3 is 2.62 bits per heavy atom. The fourth-order valence-electron chi connectivity index (χ4n) is 2.67. The van der Waals surface area contributed by atoms with Crippen LogP contribution in [0.1, 0.15) is 15.9 Å². The molecule has 0 unspecified atom stereocenters. The van der Waals surface area contributed by atoms with E-state index >= 15 is 0 Å². The molecule has 160 valence electrons. The smallest absolute Gasteiger partial charge is 0.343 e. The summed E-state index contributed by atoms with van der Waals surface area (Å²) in [7, 11) is 0. The van der Waals surface area contributed by atoms with Gasteiger partial charge in [0.05, 0.1) is 27.7 Å². The van der Waals surface area contributed by atoms with Crippen LogP contribution >= 0.6 is 34.7 Å². The third-order valence-corrected chi connectivity index (χ3v) is 6.63. The second-order valence-electron chi connectivity index (χ2n) is 6.46. The van der Waals surface area contributed by atoms with Crippen LogP contribution in [0.3, 0.4) is 0 Å². The van der Waals surface area contributed by atoms with Crippen molar-refractivity contribution in [2.24, 2.45) is 5.10 Å². The number of benzene rings is 3. The van der Waals surface area contributed by atoms with E-state index in [1.54, 1.807) is 59.9 Å². The second kappa shape index (κ2) is 10.4. The monoisotopic (exact) mass is 481 g/mol. The maximum Gasteiger partial charge on any atom is 0.343 e. The summed E-state index contributed by atoms with van der Waals surface area (Å²) in [6.45, 7) is 0. The molecule has 1 N–H and O–H groups in total. The van der Waals surface area contributed by atoms with Crippen LogP contribution in [0.25, 0.3) is 10.2 Å². The predicted molar refractivity (Wildman–Crippen MR) is 129 cm³/mol. The Labute approximate surface area is 197 Å². The summed E-state index contributed by atoms with van der Waals surface area (Å²) in [4.78, 5) is 29.0. The van der Waals surface area contributed by atoms with Crippen molar-refractivity contribution in [3.05, 3.63) is 88.9 Å². The number of thioether (sulfide) groups is 1. The number of carbonyl (C=O) groups excluding carboxylic acids is 2. The first-order valence-electron chi connectivity index (χ1n) is 9.45. The van der Waals surface area contributed by atoms with E-state index < -0.39 is 5.97 Å². The molecule has 6 nitrogen and oxygen atoms in total. The lowest BCUT2D eigenvalue weighted by atomic mass is 10.2. The van der Waals surface area contributed by atoms with E-state index in [9.17, 15) is 9.59 Å². The van der Waals surface area contributed by atoms with Crippen molar-refractivity contribution in [2.45, 2.75) is 4.34 Å². The topological polar surface area (TPSA) is 80.7 Å². The molecule has 4 aromatic rings. The largest absolute Gasteiger partial charge is 0.422 e. The minimum Gasteiger partial charge on any atom is -0.422 e. The quantitative estimate of drug-likeness (QED) is 0.125. The van der Waals surface area contributed by atoms with Gasteiger partial charge in [0.1, 0.15) is 5.75 Å². The summed E-state index contributed by atoms with van der Waals surface area (Å²) >= 11 is 8.75. The van der Waals surface area contributed by atoms with Gasteiger partial charge in [-0.25, -0.2) is 15.2 Å². The highest BCUT2D eigenvalue weighted by molar-refractivity contribution is 8.01. The number of carbonyl (C=O) groups is 2. The fraction of sp³-hybridized carbons (Fsp3) is 0.0435. The highest BCUT2D eigenvalue weighted by Crippen LogP contribution is 2.29. The molecule has 0 aliphatic heterocycles. The second-order valence-corrected chi connectivity index (χ2v) is 9.15. The van der Waals surface area contributed by atoms with Gasteiger partial charge in [0.2, 0.25) is 0 Å².